The second-order valence-electron chi connectivity index (χ2n) is 2.68. The monoisotopic (exact) mass is 214 g/mol. The van der Waals surface area contributed by atoms with Crippen molar-refractivity contribution in [1.29, 1.82) is 0 Å². The molecule has 6 heteroatoms. The molecule has 0 atom stereocenters. The van der Waals surface area contributed by atoms with Crippen LogP contribution in [0.4, 0.5) is 5.88 Å². The number of nitrogens with zero attached hydrogens (tertiary/aromatic N) is 1. The third-order valence-electron chi connectivity index (χ3n) is 1.60. The van der Waals surface area contributed by atoms with E-state index in [1.807, 2.05) is 6.92 Å². The fourth-order valence-electron chi connectivity index (χ4n) is 0.975. The molecule has 0 unspecified atom stereocenters. The van der Waals surface area contributed by atoms with Crippen LogP contribution in [0.25, 0.3) is 0 Å². The molecule has 6 nitrogen and oxygen atoms in total. The van der Waals surface area contributed by atoms with Crippen LogP contribution in [-0.4, -0.2) is 24.2 Å². The molecular formula is C9H14N2O4. The molecule has 1 rings (SSSR count). The summed E-state index contributed by atoms with van der Waals surface area (Å²) < 4.78 is 14.8. The van der Waals surface area contributed by atoms with E-state index in [4.69, 9.17) is 19.6 Å². The van der Waals surface area contributed by atoms with Crippen molar-refractivity contribution in [3.8, 4) is 0 Å². The highest BCUT2D eigenvalue weighted by atomic mass is 16.5. The van der Waals surface area contributed by atoms with Crippen LogP contribution in [0.15, 0.2) is 4.42 Å². The molecule has 0 bridgehead atoms. The molecule has 2 N–H and O–H groups in total. The third kappa shape index (κ3) is 2.95. The summed E-state index contributed by atoms with van der Waals surface area (Å²) in [5, 5.41) is 0. The van der Waals surface area contributed by atoms with Gasteiger partial charge in [0, 0.05) is 6.61 Å². The summed E-state index contributed by atoms with van der Waals surface area (Å²) in [6, 6.07) is 0. The predicted octanol–water partition coefficient (Wildman–Crippen LogP) is 0.970. The maximum Gasteiger partial charge on any atom is 0.362 e. The van der Waals surface area contributed by atoms with E-state index in [9.17, 15) is 4.79 Å². The number of oxazole rings is 1. The molecule has 0 radical (unpaired) electrons. The second kappa shape index (κ2) is 5.35. The number of esters is 1. The van der Waals surface area contributed by atoms with Crippen LogP contribution in [0.3, 0.4) is 0 Å². The van der Waals surface area contributed by atoms with Crippen LogP contribution in [0.2, 0.25) is 0 Å². The fourth-order valence-corrected chi connectivity index (χ4v) is 0.975. The molecular weight excluding hydrogens is 200 g/mol. The van der Waals surface area contributed by atoms with E-state index in [2.05, 4.69) is 4.98 Å². The van der Waals surface area contributed by atoms with Gasteiger partial charge in [0.1, 0.15) is 6.61 Å². The quantitative estimate of drug-likeness (QED) is 0.735. The van der Waals surface area contributed by atoms with E-state index in [-0.39, 0.29) is 30.7 Å². The Labute approximate surface area is 87.4 Å². The summed E-state index contributed by atoms with van der Waals surface area (Å²) in [7, 11) is 0. The summed E-state index contributed by atoms with van der Waals surface area (Å²) in [5.41, 5.74) is 5.46. The van der Waals surface area contributed by atoms with Crippen LogP contribution in [0.1, 0.15) is 30.2 Å². The Morgan fingerprint density at radius 1 is 1.47 bits per heavy atom. The van der Waals surface area contributed by atoms with Gasteiger partial charge in [0.2, 0.25) is 17.5 Å². The zero-order valence-electron chi connectivity index (χ0n) is 8.78. The molecule has 0 spiro atoms. The van der Waals surface area contributed by atoms with E-state index < -0.39 is 5.97 Å². The lowest BCUT2D eigenvalue weighted by atomic mass is 10.4. The third-order valence-corrected chi connectivity index (χ3v) is 1.60. The number of hydrogen-bond donors (Lipinski definition) is 1. The molecule has 1 aromatic rings. The number of nitrogens with two attached hydrogens (primary N) is 1. The average molecular weight is 214 g/mol. The standard InChI is InChI=1S/C9H14N2O4/c1-3-13-5-6-11-7(8(10)15-6)9(12)14-4-2/h3-5,10H2,1-2H3. The molecule has 84 valence electrons. The molecule has 15 heavy (non-hydrogen) atoms. The number of carbonyl (C=O) groups is 1. The number of ether oxygens (including phenoxy) is 2. The van der Waals surface area contributed by atoms with Gasteiger partial charge in [-0.15, -0.1) is 0 Å². The predicted molar refractivity (Wildman–Crippen MR) is 52.2 cm³/mol. The van der Waals surface area contributed by atoms with Crippen molar-refractivity contribution in [3.63, 3.8) is 0 Å². The van der Waals surface area contributed by atoms with E-state index in [0.717, 1.165) is 0 Å². The minimum absolute atomic E-state index is 0.00607. The number of anilines is 1. The Morgan fingerprint density at radius 3 is 2.80 bits per heavy atom. The summed E-state index contributed by atoms with van der Waals surface area (Å²) >= 11 is 0. The van der Waals surface area contributed by atoms with E-state index in [1.54, 1.807) is 6.92 Å². The van der Waals surface area contributed by atoms with Crippen LogP contribution < -0.4 is 5.73 Å². The van der Waals surface area contributed by atoms with Gasteiger partial charge < -0.3 is 19.6 Å². The van der Waals surface area contributed by atoms with Crippen LogP contribution in [0.5, 0.6) is 0 Å². The minimum Gasteiger partial charge on any atom is -0.461 e. The average Bonchev–Trinajstić information content (AvgIpc) is 2.57. The number of carbonyl (C=O) groups excluding carboxylic acids is 1. The van der Waals surface area contributed by atoms with Crippen molar-refractivity contribution in [1.82, 2.24) is 4.98 Å². The van der Waals surface area contributed by atoms with Crippen molar-refractivity contribution in [2.45, 2.75) is 20.5 Å². The molecule has 0 aliphatic heterocycles. The maximum atomic E-state index is 11.3. The number of aromatic nitrogens is 1. The van der Waals surface area contributed by atoms with Crippen LogP contribution in [0, 0.1) is 0 Å². The van der Waals surface area contributed by atoms with E-state index >= 15 is 0 Å². The number of hydrogen-bond acceptors (Lipinski definition) is 6. The van der Waals surface area contributed by atoms with Gasteiger partial charge >= 0.3 is 5.97 Å². The van der Waals surface area contributed by atoms with Gasteiger partial charge in [0.15, 0.2) is 0 Å². The second-order valence-corrected chi connectivity index (χ2v) is 2.68. The summed E-state index contributed by atoms with van der Waals surface area (Å²) in [4.78, 5) is 15.2. The lowest BCUT2D eigenvalue weighted by Crippen LogP contribution is -2.07. The normalized spacial score (nSPS) is 10.3. The van der Waals surface area contributed by atoms with Gasteiger partial charge in [-0.2, -0.15) is 0 Å². The van der Waals surface area contributed by atoms with Crippen molar-refractivity contribution in [3.05, 3.63) is 11.6 Å². The van der Waals surface area contributed by atoms with Gasteiger partial charge in [-0.05, 0) is 13.8 Å². The molecule has 0 aromatic carbocycles. The minimum atomic E-state index is -0.582. The zero-order valence-corrected chi connectivity index (χ0v) is 8.78. The molecule has 0 saturated carbocycles. The number of nitrogen functional groups attached to an aromatic ring is 1. The lowest BCUT2D eigenvalue weighted by Gasteiger charge is -1.96. The smallest absolute Gasteiger partial charge is 0.362 e. The molecule has 0 fully saturated rings. The van der Waals surface area contributed by atoms with Crippen molar-refractivity contribution in [2.75, 3.05) is 18.9 Å². The van der Waals surface area contributed by atoms with Crippen LogP contribution in [-0.2, 0) is 16.1 Å². The molecule has 0 aliphatic rings. The van der Waals surface area contributed by atoms with Gasteiger partial charge in [-0.3, -0.25) is 0 Å². The SMILES string of the molecule is CCOCc1nc(C(=O)OCC)c(N)o1. The largest absolute Gasteiger partial charge is 0.461 e. The topological polar surface area (TPSA) is 87.6 Å². The Bertz CT molecular complexity index is 335. The van der Waals surface area contributed by atoms with E-state index in [1.165, 1.54) is 0 Å². The van der Waals surface area contributed by atoms with Gasteiger partial charge in [0.25, 0.3) is 0 Å². The Kier molecular flexibility index (Phi) is 4.11. The van der Waals surface area contributed by atoms with Crippen molar-refractivity contribution in [2.24, 2.45) is 0 Å². The van der Waals surface area contributed by atoms with Crippen molar-refractivity contribution >= 4 is 11.9 Å². The maximum absolute atomic E-state index is 11.3. The first-order chi connectivity index (χ1) is 7.19. The Morgan fingerprint density at radius 2 is 2.20 bits per heavy atom. The van der Waals surface area contributed by atoms with Gasteiger partial charge in [-0.25, -0.2) is 9.78 Å². The summed E-state index contributed by atoms with van der Waals surface area (Å²) in [5.74, 6) is -0.345. The summed E-state index contributed by atoms with van der Waals surface area (Å²) in [6.07, 6.45) is 0. The molecule has 0 amide bonds. The first kappa shape index (κ1) is 11.5. The summed E-state index contributed by atoms with van der Waals surface area (Å²) in [6.45, 7) is 4.55. The highest BCUT2D eigenvalue weighted by molar-refractivity contribution is 5.91. The fraction of sp³-hybridized carbons (Fsp3) is 0.556. The molecule has 1 aromatic heterocycles. The number of rotatable bonds is 5. The highest BCUT2D eigenvalue weighted by Gasteiger charge is 2.18. The molecule has 1 heterocycles. The van der Waals surface area contributed by atoms with Gasteiger partial charge in [-0.1, -0.05) is 0 Å². The highest BCUT2D eigenvalue weighted by Crippen LogP contribution is 2.15. The zero-order chi connectivity index (χ0) is 11.3. The Hall–Kier alpha value is -1.56. The van der Waals surface area contributed by atoms with E-state index in [0.29, 0.717) is 6.61 Å². The van der Waals surface area contributed by atoms with Crippen LogP contribution >= 0.6 is 0 Å². The Balaban J connectivity index is 2.72. The lowest BCUT2D eigenvalue weighted by molar-refractivity contribution is 0.0520. The van der Waals surface area contributed by atoms with Gasteiger partial charge in [0.05, 0.1) is 6.61 Å². The first-order valence-electron chi connectivity index (χ1n) is 4.69. The first-order valence-corrected chi connectivity index (χ1v) is 4.69. The van der Waals surface area contributed by atoms with Crippen molar-refractivity contribution < 1.29 is 18.7 Å². The molecule has 0 aliphatic carbocycles. The molecule has 0 saturated heterocycles.